The van der Waals surface area contributed by atoms with Crippen LogP contribution in [0.3, 0.4) is 0 Å². The summed E-state index contributed by atoms with van der Waals surface area (Å²) in [5.41, 5.74) is 1.93. The van der Waals surface area contributed by atoms with E-state index in [0.717, 1.165) is 32.2 Å². The first-order valence-corrected chi connectivity index (χ1v) is 8.48. The topological polar surface area (TPSA) is 47.0 Å². The lowest BCUT2D eigenvalue weighted by Gasteiger charge is -2.14. The zero-order valence-electron chi connectivity index (χ0n) is 12.8. The maximum absolute atomic E-state index is 14.2. The largest absolute Gasteiger partial charge is 0.492 e. The molecule has 1 aromatic heterocycles. The van der Waals surface area contributed by atoms with Crippen molar-refractivity contribution in [1.29, 1.82) is 0 Å². The molecule has 1 N–H and O–H groups in total. The molecule has 0 aliphatic carbocycles. The summed E-state index contributed by atoms with van der Waals surface area (Å²) in [4.78, 5) is 8.93. The predicted octanol–water partition coefficient (Wildman–Crippen LogP) is 4.32. The molecule has 0 radical (unpaired) electrons. The highest BCUT2D eigenvalue weighted by Gasteiger charge is 2.22. The minimum absolute atomic E-state index is 0.252. The molecule has 0 bridgehead atoms. The van der Waals surface area contributed by atoms with E-state index in [2.05, 4.69) is 44.5 Å². The van der Waals surface area contributed by atoms with Gasteiger partial charge in [0, 0.05) is 23.8 Å². The van der Waals surface area contributed by atoms with Gasteiger partial charge in [-0.3, -0.25) is 0 Å². The number of benzene rings is 1. The number of nitrogens with zero attached hydrogens (tertiary/aromatic N) is 2. The minimum atomic E-state index is -1.22. The van der Waals surface area contributed by atoms with Crippen LogP contribution in [0, 0.1) is 10.5 Å². The molecule has 1 aromatic carbocycles. The van der Waals surface area contributed by atoms with Crippen molar-refractivity contribution in [3.63, 3.8) is 0 Å². The maximum atomic E-state index is 14.2. The number of aromatic nitrogens is 2. The third-order valence-electron chi connectivity index (χ3n) is 3.61. The summed E-state index contributed by atoms with van der Waals surface area (Å²) >= 11 is 2.24. The van der Waals surface area contributed by atoms with Crippen molar-refractivity contribution in [3.05, 3.63) is 45.8 Å². The van der Waals surface area contributed by atoms with E-state index in [-0.39, 0.29) is 6.42 Å². The SMILES string of the molecule is C=C/C=C\CC(F)Nc1nc(C)nc2c3c(c(I)cc12)OCC3. The van der Waals surface area contributed by atoms with Crippen molar-refractivity contribution in [2.75, 3.05) is 11.9 Å². The Labute approximate surface area is 148 Å². The first kappa shape index (κ1) is 16.2. The van der Waals surface area contributed by atoms with Crippen LogP contribution in [0.4, 0.5) is 10.2 Å². The maximum Gasteiger partial charge on any atom is 0.174 e. The van der Waals surface area contributed by atoms with E-state index < -0.39 is 6.30 Å². The van der Waals surface area contributed by atoms with Crippen molar-refractivity contribution < 1.29 is 9.13 Å². The van der Waals surface area contributed by atoms with Gasteiger partial charge < -0.3 is 10.1 Å². The molecule has 4 nitrogen and oxygen atoms in total. The third kappa shape index (κ3) is 3.31. The van der Waals surface area contributed by atoms with E-state index in [1.165, 1.54) is 0 Å². The molecule has 23 heavy (non-hydrogen) atoms. The highest BCUT2D eigenvalue weighted by Crippen LogP contribution is 2.38. The number of hydrogen-bond donors (Lipinski definition) is 1. The second kappa shape index (κ2) is 6.82. The van der Waals surface area contributed by atoms with E-state index in [9.17, 15) is 4.39 Å². The van der Waals surface area contributed by atoms with Crippen LogP contribution in [0.1, 0.15) is 17.8 Å². The number of halogens is 2. The van der Waals surface area contributed by atoms with E-state index in [0.29, 0.717) is 18.2 Å². The lowest BCUT2D eigenvalue weighted by Crippen LogP contribution is -2.14. The van der Waals surface area contributed by atoms with Crippen molar-refractivity contribution in [1.82, 2.24) is 9.97 Å². The highest BCUT2D eigenvalue weighted by atomic mass is 127. The fourth-order valence-electron chi connectivity index (χ4n) is 2.65. The number of alkyl halides is 1. The van der Waals surface area contributed by atoms with Crippen LogP contribution < -0.4 is 10.1 Å². The van der Waals surface area contributed by atoms with Crippen LogP contribution >= 0.6 is 22.6 Å². The van der Waals surface area contributed by atoms with Crippen molar-refractivity contribution >= 4 is 39.3 Å². The van der Waals surface area contributed by atoms with E-state index in [1.54, 1.807) is 18.2 Å². The third-order valence-corrected chi connectivity index (χ3v) is 4.41. The Morgan fingerprint density at radius 2 is 2.35 bits per heavy atom. The predicted molar refractivity (Wildman–Crippen MR) is 98.7 cm³/mol. The highest BCUT2D eigenvalue weighted by molar-refractivity contribution is 14.1. The fourth-order valence-corrected chi connectivity index (χ4v) is 3.44. The molecule has 0 saturated heterocycles. The van der Waals surface area contributed by atoms with Crippen LogP contribution in [0.25, 0.3) is 10.9 Å². The molecule has 0 fully saturated rings. The number of nitrogens with one attached hydrogen (secondary N) is 1. The van der Waals surface area contributed by atoms with E-state index in [4.69, 9.17) is 4.74 Å². The van der Waals surface area contributed by atoms with Crippen LogP contribution in [-0.4, -0.2) is 22.9 Å². The van der Waals surface area contributed by atoms with Gasteiger partial charge in [-0.1, -0.05) is 24.8 Å². The van der Waals surface area contributed by atoms with Gasteiger partial charge in [-0.15, -0.1) is 0 Å². The zero-order valence-corrected chi connectivity index (χ0v) is 14.9. The van der Waals surface area contributed by atoms with Crippen molar-refractivity contribution in [2.45, 2.75) is 26.1 Å². The molecule has 1 atom stereocenters. The molecule has 120 valence electrons. The Kier molecular flexibility index (Phi) is 4.79. The van der Waals surface area contributed by atoms with Crippen LogP contribution in [0.15, 0.2) is 30.9 Å². The second-order valence-electron chi connectivity index (χ2n) is 5.29. The van der Waals surface area contributed by atoms with Gasteiger partial charge in [-0.25, -0.2) is 14.4 Å². The number of fused-ring (bicyclic) bond motifs is 3. The Bertz CT molecular complexity index is 791. The summed E-state index contributed by atoms with van der Waals surface area (Å²) in [6, 6.07) is 1.95. The normalized spacial score (nSPS) is 14.7. The van der Waals surface area contributed by atoms with E-state index in [1.807, 2.05) is 13.0 Å². The molecule has 6 heteroatoms. The van der Waals surface area contributed by atoms with Gasteiger partial charge in [0.15, 0.2) is 6.30 Å². The van der Waals surface area contributed by atoms with Gasteiger partial charge in [0.25, 0.3) is 0 Å². The van der Waals surface area contributed by atoms with Crippen LogP contribution in [0.5, 0.6) is 5.75 Å². The first-order chi connectivity index (χ1) is 11.1. The summed E-state index contributed by atoms with van der Waals surface area (Å²) in [7, 11) is 0. The second-order valence-corrected chi connectivity index (χ2v) is 6.45. The van der Waals surface area contributed by atoms with Gasteiger partial charge in [0.05, 0.1) is 15.7 Å². The molecule has 0 amide bonds. The van der Waals surface area contributed by atoms with Gasteiger partial charge in [-0.05, 0) is 35.6 Å². The number of anilines is 1. The number of aryl methyl sites for hydroxylation is 1. The van der Waals surface area contributed by atoms with Gasteiger partial charge in [0.1, 0.15) is 17.4 Å². The molecule has 0 saturated carbocycles. The molecular formula is C17H17FIN3O. The van der Waals surface area contributed by atoms with Crippen molar-refractivity contribution in [3.8, 4) is 5.75 Å². The van der Waals surface area contributed by atoms with E-state index >= 15 is 0 Å². The van der Waals surface area contributed by atoms with Gasteiger partial charge in [0.2, 0.25) is 0 Å². The number of allylic oxidation sites excluding steroid dienone is 2. The van der Waals surface area contributed by atoms with Crippen LogP contribution in [0.2, 0.25) is 0 Å². The Balaban J connectivity index is 2.02. The smallest absolute Gasteiger partial charge is 0.174 e. The minimum Gasteiger partial charge on any atom is -0.492 e. The molecule has 0 spiro atoms. The number of hydrogen-bond acceptors (Lipinski definition) is 4. The summed E-state index contributed by atoms with van der Waals surface area (Å²) in [5.74, 6) is 2.04. The molecule has 2 heterocycles. The Morgan fingerprint density at radius 3 is 3.13 bits per heavy atom. The lowest BCUT2D eigenvalue weighted by atomic mass is 10.1. The van der Waals surface area contributed by atoms with Gasteiger partial charge >= 0.3 is 0 Å². The molecule has 1 aliphatic rings. The lowest BCUT2D eigenvalue weighted by molar-refractivity contribution is 0.354. The molecule has 2 aromatic rings. The summed E-state index contributed by atoms with van der Waals surface area (Å²) in [6.45, 7) is 6.05. The van der Waals surface area contributed by atoms with Gasteiger partial charge in [-0.2, -0.15) is 0 Å². The quantitative estimate of drug-likeness (QED) is 0.441. The summed E-state index contributed by atoms with van der Waals surface area (Å²) < 4.78 is 20.8. The Hall–Kier alpha value is -1.70. The fraction of sp³-hybridized carbons (Fsp3) is 0.294. The molecule has 1 unspecified atom stereocenters. The monoisotopic (exact) mass is 425 g/mol. The van der Waals surface area contributed by atoms with Crippen molar-refractivity contribution in [2.24, 2.45) is 0 Å². The molecular weight excluding hydrogens is 408 g/mol. The summed E-state index contributed by atoms with van der Waals surface area (Å²) in [6.07, 6.45) is 4.94. The Morgan fingerprint density at radius 1 is 1.52 bits per heavy atom. The molecule has 3 rings (SSSR count). The first-order valence-electron chi connectivity index (χ1n) is 7.41. The zero-order chi connectivity index (χ0) is 16.4. The van der Waals surface area contributed by atoms with Crippen LogP contribution in [-0.2, 0) is 6.42 Å². The summed E-state index contributed by atoms with van der Waals surface area (Å²) in [5, 5.41) is 3.69. The average molecular weight is 425 g/mol. The number of ether oxygens (including phenoxy) is 1. The standard InChI is InChI=1S/C17H17FIN3O/c1-3-4-5-6-14(18)22-17-12-9-13(19)16-11(7-8-23-16)15(12)20-10(2)21-17/h3-5,9,14H,1,6-8H2,2H3,(H,20,21,22)/b5-4-. The molecule has 1 aliphatic heterocycles. The average Bonchev–Trinajstić information content (AvgIpc) is 2.99. The number of rotatable bonds is 5.